The first kappa shape index (κ1) is 14.1. The maximum absolute atomic E-state index is 10.8. The van der Waals surface area contributed by atoms with Crippen LogP contribution in [0.15, 0.2) is 42.7 Å². The molecule has 3 aromatic rings. The Labute approximate surface area is 131 Å². The predicted molar refractivity (Wildman–Crippen MR) is 84.0 cm³/mol. The second-order valence-electron chi connectivity index (χ2n) is 4.70. The lowest BCUT2D eigenvalue weighted by Crippen LogP contribution is -1.91. The van der Waals surface area contributed by atoms with Crippen LogP contribution in [0.4, 0.5) is 5.69 Å². The van der Waals surface area contributed by atoms with Gasteiger partial charge >= 0.3 is 0 Å². The van der Waals surface area contributed by atoms with E-state index in [1.54, 1.807) is 28.8 Å². The SMILES string of the molecule is Cc1ccc([N+](=O)[O-])cc1C#Cc1cnc2c(Cl)cccn12. The van der Waals surface area contributed by atoms with E-state index in [-0.39, 0.29) is 5.69 Å². The van der Waals surface area contributed by atoms with Gasteiger partial charge in [-0.3, -0.25) is 14.5 Å². The smallest absolute Gasteiger partial charge is 0.270 e. The number of non-ortho nitro benzene ring substituents is 1. The van der Waals surface area contributed by atoms with Gasteiger partial charge in [-0.1, -0.05) is 23.6 Å². The molecule has 2 heterocycles. The third kappa shape index (κ3) is 2.52. The number of imidazole rings is 1. The number of rotatable bonds is 1. The van der Waals surface area contributed by atoms with Gasteiger partial charge in [-0.2, -0.15) is 0 Å². The van der Waals surface area contributed by atoms with Crippen LogP contribution in [0.3, 0.4) is 0 Å². The zero-order chi connectivity index (χ0) is 15.7. The van der Waals surface area contributed by atoms with Crippen LogP contribution in [0.5, 0.6) is 0 Å². The van der Waals surface area contributed by atoms with Gasteiger partial charge in [-0.25, -0.2) is 4.98 Å². The first-order valence-corrected chi connectivity index (χ1v) is 6.82. The number of fused-ring (bicyclic) bond motifs is 1. The summed E-state index contributed by atoms with van der Waals surface area (Å²) in [6.45, 7) is 1.86. The van der Waals surface area contributed by atoms with E-state index < -0.39 is 4.92 Å². The van der Waals surface area contributed by atoms with Gasteiger partial charge in [0.1, 0.15) is 5.69 Å². The molecule has 6 heteroatoms. The fourth-order valence-corrected chi connectivity index (χ4v) is 2.27. The molecule has 0 atom stereocenters. The molecule has 0 bridgehead atoms. The van der Waals surface area contributed by atoms with Crippen molar-refractivity contribution < 1.29 is 4.92 Å². The van der Waals surface area contributed by atoms with E-state index in [0.29, 0.717) is 21.9 Å². The van der Waals surface area contributed by atoms with Gasteiger partial charge in [0.2, 0.25) is 0 Å². The number of halogens is 1. The maximum atomic E-state index is 10.8. The lowest BCUT2D eigenvalue weighted by molar-refractivity contribution is -0.384. The van der Waals surface area contributed by atoms with Crippen LogP contribution in [0, 0.1) is 28.9 Å². The summed E-state index contributed by atoms with van der Waals surface area (Å²) in [5, 5.41) is 11.4. The highest BCUT2D eigenvalue weighted by atomic mass is 35.5. The Hall–Kier alpha value is -2.84. The van der Waals surface area contributed by atoms with E-state index in [2.05, 4.69) is 16.8 Å². The molecule has 108 valence electrons. The standard InChI is InChI=1S/C16H10ClN3O2/c1-11-4-6-13(20(21)22)9-12(11)5-7-14-10-18-16-15(17)3-2-8-19(14)16/h2-4,6,8-10H,1H3. The van der Waals surface area contributed by atoms with Crippen molar-refractivity contribution in [3.8, 4) is 11.8 Å². The van der Waals surface area contributed by atoms with Crippen molar-refractivity contribution in [1.29, 1.82) is 0 Å². The van der Waals surface area contributed by atoms with Crippen molar-refractivity contribution in [3.63, 3.8) is 0 Å². The molecule has 0 radical (unpaired) electrons. The molecule has 3 rings (SSSR count). The van der Waals surface area contributed by atoms with Crippen molar-refractivity contribution >= 4 is 22.9 Å². The van der Waals surface area contributed by atoms with Crippen LogP contribution in [0.1, 0.15) is 16.8 Å². The summed E-state index contributed by atoms with van der Waals surface area (Å²) >= 11 is 6.06. The first-order chi connectivity index (χ1) is 10.6. The quantitative estimate of drug-likeness (QED) is 0.392. The highest BCUT2D eigenvalue weighted by Crippen LogP contribution is 2.18. The average Bonchev–Trinajstić information content (AvgIpc) is 2.91. The van der Waals surface area contributed by atoms with E-state index in [9.17, 15) is 10.1 Å². The summed E-state index contributed by atoms with van der Waals surface area (Å²) in [5.74, 6) is 5.95. The molecular weight excluding hydrogens is 302 g/mol. The van der Waals surface area contributed by atoms with E-state index in [0.717, 1.165) is 5.56 Å². The number of hydrogen-bond donors (Lipinski definition) is 0. The van der Waals surface area contributed by atoms with Crippen LogP contribution < -0.4 is 0 Å². The summed E-state index contributed by atoms with van der Waals surface area (Å²) in [6.07, 6.45) is 3.44. The van der Waals surface area contributed by atoms with E-state index in [4.69, 9.17) is 11.6 Å². The normalized spacial score (nSPS) is 10.3. The zero-order valence-corrected chi connectivity index (χ0v) is 12.3. The Morgan fingerprint density at radius 1 is 1.32 bits per heavy atom. The van der Waals surface area contributed by atoms with Crippen molar-refractivity contribution in [2.75, 3.05) is 0 Å². The molecule has 0 spiro atoms. The van der Waals surface area contributed by atoms with Crippen LogP contribution in [-0.2, 0) is 0 Å². The minimum atomic E-state index is -0.432. The van der Waals surface area contributed by atoms with Gasteiger partial charge in [0.25, 0.3) is 5.69 Å². The molecule has 1 aromatic carbocycles. The number of nitro groups is 1. The van der Waals surface area contributed by atoms with Gasteiger partial charge in [-0.05, 0) is 30.5 Å². The van der Waals surface area contributed by atoms with E-state index >= 15 is 0 Å². The zero-order valence-electron chi connectivity index (χ0n) is 11.6. The summed E-state index contributed by atoms with van der Waals surface area (Å²) in [6, 6.07) is 8.19. The third-order valence-corrected chi connectivity index (χ3v) is 3.54. The van der Waals surface area contributed by atoms with E-state index in [1.165, 1.54) is 12.1 Å². The molecule has 0 saturated carbocycles. The molecule has 2 aromatic heterocycles. The number of nitro benzene ring substituents is 1. The minimum Gasteiger partial charge on any atom is -0.292 e. The van der Waals surface area contributed by atoms with Crippen molar-refractivity contribution in [3.05, 3.63) is 74.7 Å². The Kier molecular flexibility index (Phi) is 3.53. The minimum absolute atomic E-state index is 0.0242. The lowest BCUT2D eigenvalue weighted by Gasteiger charge is -1.98. The molecular formula is C16H10ClN3O2. The summed E-state index contributed by atoms with van der Waals surface area (Å²) in [4.78, 5) is 14.6. The number of nitrogens with zero attached hydrogens (tertiary/aromatic N) is 3. The van der Waals surface area contributed by atoms with Crippen molar-refractivity contribution in [1.82, 2.24) is 9.38 Å². The van der Waals surface area contributed by atoms with Crippen LogP contribution in [0.25, 0.3) is 5.65 Å². The predicted octanol–water partition coefficient (Wildman–Crippen LogP) is 3.60. The molecule has 0 saturated heterocycles. The monoisotopic (exact) mass is 311 g/mol. The topological polar surface area (TPSA) is 60.4 Å². The molecule has 0 aliphatic carbocycles. The highest BCUT2D eigenvalue weighted by molar-refractivity contribution is 6.33. The lowest BCUT2D eigenvalue weighted by atomic mass is 10.1. The number of aromatic nitrogens is 2. The Bertz CT molecular complexity index is 951. The van der Waals surface area contributed by atoms with Gasteiger partial charge in [0.05, 0.1) is 16.1 Å². The molecule has 0 N–H and O–H groups in total. The van der Waals surface area contributed by atoms with Crippen LogP contribution >= 0.6 is 11.6 Å². The molecule has 5 nitrogen and oxygen atoms in total. The number of pyridine rings is 1. The van der Waals surface area contributed by atoms with Gasteiger partial charge in [0.15, 0.2) is 5.65 Å². The summed E-state index contributed by atoms with van der Waals surface area (Å²) in [5.41, 5.74) is 2.82. The number of benzene rings is 1. The Morgan fingerprint density at radius 3 is 2.91 bits per heavy atom. The second kappa shape index (κ2) is 5.51. The average molecular weight is 312 g/mol. The number of aryl methyl sites for hydroxylation is 1. The Balaban J connectivity index is 2.07. The van der Waals surface area contributed by atoms with Crippen molar-refractivity contribution in [2.45, 2.75) is 6.92 Å². The summed E-state index contributed by atoms with van der Waals surface area (Å²) < 4.78 is 1.78. The largest absolute Gasteiger partial charge is 0.292 e. The fourth-order valence-electron chi connectivity index (χ4n) is 2.06. The van der Waals surface area contributed by atoms with Crippen molar-refractivity contribution in [2.24, 2.45) is 0 Å². The third-order valence-electron chi connectivity index (χ3n) is 3.25. The first-order valence-electron chi connectivity index (χ1n) is 6.45. The Morgan fingerprint density at radius 2 is 2.14 bits per heavy atom. The fraction of sp³-hybridized carbons (Fsp3) is 0.0625. The molecule has 0 unspecified atom stereocenters. The molecule has 0 aliphatic rings. The molecule has 0 aliphatic heterocycles. The molecule has 0 amide bonds. The highest BCUT2D eigenvalue weighted by Gasteiger charge is 2.07. The number of hydrogen-bond acceptors (Lipinski definition) is 3. The maximum Gasteiger partial charge on any atom is 0.270 e. The van der Waals surface area contributed by atoms with Gasteiger partial charge in [0, 0.05) is 23.9 Å². The van der Waals surface area contributed by atoms with E-state index in [1.807, 2.05) is 13.1 Å². The van der Waals surface area contributed by atoms with Crippen LogP contribution in [0.2, 0.25) is 5.02 Å². The molecule has 22 heavy (non-hydrogen) atoms. The van der Waals surface area contributed by atoms with Gasteiger partial charge in [-0.15, -0.1) is 0 Å². The molecule has 0 fully saturated rings. The second-order valence-corrected chi connectivity index (χ2v) is 5.11. The van der Waals surface area contributed by atoms with Gasteiger partial charge < -0.3 is 0 Å². The van der Waals surface area contributed by atoms with Crippen LogP contribution in [-0.4, -0.2) is 14.3 Å². The summed E-state index contributed by atoms with van der Waals surface area (Å²) in [7, 11) is 0.